The maximum Gasteiger partial charge on any atom is 0.266 e. The molecular weight excluding hydrogens is 458 g/mol. The lowest BCUT2D eigenvalue weighted by molar-refractivity contribution is -0.112. The van der Waals surface area contributed by atoms with E-state index in [9.17, 15) is 10.1 Å². The molecule has 9 heteroatoms. The van der Waals surface area contributed by atoms with Crippen molar-refractivity contribution in [1.29, 1.82) is 5.26 Å². The Balaban J connectivity index is 1.59. The zero-order chi connectivity index (χ0) is 25.5. The van der Waals surface area contributed by atoms with Crippen molar-refractivity contribution in [1.82, 2.24) is 4.57 Å². The third kappa shape index (κ3) is 5.90. The molecule has 0 unspecified atom stereocenters. The van der Waals surface area contributed by atoms with Gasteiger partial charge >= 0.3 is 0 Å². The van der Waals surface area contributed by atoms with E-state index in [4.69, 9.17) is 14.2 Å². The third-order valence-corrected chi connectivity index (χ3v) is 6.75. The number of ether oxygens (including phenoxy) is 3. The number of carbonyl (C=O) groups excluding carboxylic acids is 1. The predicted molar refractivity (Wildman–Crippen MR) is 141 cm³/mol. The third-order valence-electron chi connectivity index (χ3n) is 6.75. The van der Waals surface area contributed by atoms with E-state index in [2.05, 4.69) is 31.8 Å². The summed E-state index contributed by atoms with van der Waals surface area (Å²) in [5.41, 5.74) is 5.68. The van der Waals surface area contributed by atoms with Gasteiger partial charge in [0.25, 0.3) is 5.91 Å². The van der Waals surface area contributed by atoms with Crippen LogP contribution in [0.3, 0.4) is 0 Å². The molecule has 2 saturated heterocycles. The predicted octanol–water partition coefficient (Wildman–Crippen LogP) is 2.97. The lowest BCUT2D eigenvalue weighted by Crippen LogP contribution is -2.38. The van der Waals surface area contributed by atoms with E-state index in [1.165, 1.54) is 0 Å². The number of aromatic nitrogens is 1. The summed E-state index contributed by atoms with van der Waals surface area (Å²) in [7, 11) is 1.67. The van der Waals surface area contributed by atoms with Crippen LogP contribution >= 0.6 is 0 Å². The molecule has 36 heavy (non-hydrogen) atoms. The van der Waals surface area contributed by atoms with Gasteiger partial charge in [-0.05, 0) is 49.8 Å². The van der Waals surface area contributed by atoms with Gasteiger partial charge in [-0.3, -0.25) is 4.79 Å². The summed E-state index contributed by atoms with van der Waals surface area (Å²) in [5, 5.41) is 12.8. The summed E-state index contributed by atoms with van der Waals surface area (Å²) in [4.78, 5) is 17.8. The number of nitrogens with zero attached hydrogens (tertiary/aromatic N) is 4. The maximum absolute atomic E-state index is 13.2. The Morgan fingerprint density at radius 1 is 1.08 bits per heavy atom. The number of methoxy groups -OCH3 is 1. The fraction of sp³-hybridized carbons (Fsp3) is 0.481. The normalized spacial score (nSPS) is 16.7. The van der Waals surface area contributed by atoms with Gasteiger partial charge in [0.15, 0.2) is 0 Å². The zero-order valence-electron chi connectivity index (χ0n) is 21.4. The molecule has 2 aliphatic heterocycles. The van der Waals surface area contributed by atoms with Crippen molar-refractivity contribution >= 4 is 29.0 Å². The number of rotatable bonds is 8. The number of hydrogen-bond donors (Lipinski definition) is 1. The Labute approximate surface area is 212 Å². The van der Waals surface area contributed by atoms with Gasteiger partial charge < -0.3 is 33.9 Å². The number of carbonyl (C=O) groups is 1. The molecule has 3 heterocycles. The van der Waals surface area contributed by atoms with Crippen molar-refractivity contribution in [2.24, 2.45) is 0 Å². The Morgan fingerprint density at radius 2 is 1.75 bits per heavy atom. The number of nitrogens with one attached hydrogen (secondary N) is 1. The van der Waals surface area contributed by atoms with Crippen LogP contribution in [0.15, 0.2) is 29.8 Å². The van der Waals surface area contributed by atoms with E-state index >= 15 is 0 Å². The molecule has 2 aromatic rings. The molecule has 2 aliphatic rings. The topological polar surface area (TPSA) is 92.0 Å². The number of hydrogen-bond acceptors (Lipinski definition) is 7. The highest BCUT2D eigenvalue weighted by Crippen LogP contribution is 2.32. The second-order valence-corrected chi connectivity index (χ2v) is 9.00. The number of morpholine rings is 2. The van der Waals surface area contributed by atoms with Crippen LogP contribution in [-0.2, 0) is 25.5 Å². The average molecular weight is 494 g/mol. The zero-order valence-corrected chi connectivity index (χ0v) is 21.4. The van der Waals surface area contributed by atoms with Gasteiger partial charge in [-0.15, -0.1) is 0 Å². The molecule has 0 spiro atoms. The first-order valence-corrected chi connectivity index (χ1v) is 12.4. The molecular formula is C27H35N5O4. The molecule has 1 aromatic heterocycles. The first-order valence-electron chi connectivity index (χ1n) is 12.4. The molecule has 192 valence electrons. The molecule has 1 N–H and O–H groups in total. The van der Waals surface area contributed by atoms with Crippen molar-refractivity contribution in [3.63, 3.8) is 0 Å². The van der Waals surface area contributed by atoms with Crippen LogP contribution in [0.5, 0.6) is 0 Å². The van der Waals surface area contributed by atoms with Crippen molar-refractivity contribution in [3.05, 3.63) is 46.8 Å². The molecule has 9 nitrogen and oxygen atoms in total. The van der Waals surface area contributed by atoms with Crippen molar-refractivity contribution < 1.29 is 19.0 Å². The minimum Gasteiger partial charge on any atom is -0.383 e. The largest absolute Gasteiger partial charge is 0.383 e. The fourth-order valence-corrected chi connectivity index (χ4v) is 4.70. The van der Waals surface area contributed by atoms with Gasteiger partial charge in [-0.1, -0.05) is 0 Å². The van der Waals surface area contributed by atoms with Gasteiger partial charge in [0, 0.05) is 56.9 Å². The lowest BCUT2D eigenvalue weighted by Gasteiger charge is -2.33. The molecule has 0 radical (unpaired) electrons. The summed E-state index contributed by atoms with van der Waals surface area (Å²) in [5.74, 6) is -0.423. The van der Waals surface area contributed by atoms with Crippen LogP contribution in [0.4, 0.5) is 17.1 Å². The highest BCUT2D eigenvalue weighted by molar-refractivity contribution is 6.11. The molecule has 1 amide bonds. The molecule has 1 aromatic carbocycles. The minimum absolute atomic E-state index is 0.0622. The Morgan fingerprint density at radius 3 is 2.39 bits per heavy atom. The SMILES string of the molecule is COCCn1c(C)cc(/C=C(\C#N)C(=O)Nc2ccc(N3CCOCC3)cc2N2CCOCC2)c1C. The van der Waals surface area contributed by atoms with Crippen molar-refractivity contribution in [3.8, 4) is 6.07 Å². The average Bonchev–Trinajstić information content (AvgIpc) is 3.18. The number of nitriles is 1. The first-order chi connectivity index (χ1) is 17.5. The number of benzene rings is 1. The van der Waals surface area contributed by atoms with Gasteiger partial charge in [-0.2, -0.15) is 5.26 Å². The standard InChI is InChI=1S/C27H35N5O4/c1-20-16-22(21(2)32(20)10-11-34-3)17-23(19-28)27(33)29-25-5-4-24(30-6-12-35-13-7-30)18-26(25)31-8-14-36-15-9-31/h4-5,16-18H,6-15H2,1-3H3,(H,29,33)/b23-17+. The van der Waals surface area contributed by atoms with Gasteiger partial charge in [0.05, 0.1) is 44.4 Å². The summed E-state index contributed by atoms with van der Waals surface area (Å²) >= 11 is 0. The number of aryl methyl sites for hydroxylation is 1. The quantitative estimate of drug-likeness (QED) is 0.447. The summed E-state index contributed by atoms with van der Waals surface area (Å²) in [6, 6.07) is 10.1. The maximum atomic E-state index is 13.2. The molecule has 0 aliphatic carbocycles. The number of anilines is 3. The second-order valence-electron chi connectivity index (χ2n) is 9.00. The lowest BCUT2D eigenvalue weighted by atomic mass is 10.1. The summed E-state index contributed by atoms with van der Waals surface area (Å²) < 4.78 is 18.4. The van der Waals surface area contributed by atoms with Crippen LogP contribution in [0.1, 0.15) is 17.0 Å². The Hall–Kier alpha value is -3.32. The minimum atomic E-state index is -0.423. The van der Waals surface area contributed by atoms with Crippen LogP contribution in [0, 0.1) is 25.2 Å². The summed E-state index contributed by atoms with van der Waals surface area (Å²) in [6.45, 7) is 11.1. The first kappa shape index (κ1) is 25.8. The van der Waals surface area contributed by atoms with Gasteiger partial charge in [-0.25, -0.2) is 0 Å². The van der Waals surface area contributed by atoms with E-state index < -0.39 is 5.91 Å². The Kier molecular flexibility index (Phi) is 8.65. The van der Waals surface area contributed by atoms with Crippen LogP contribution in [0.25, 0.3) is 6.08 Å². The van der Waals surface area contributed by atoms with E-state index in [0.29, 0.717) is 45.3 Å². The van der Waals surface area contributed by atoms with Crippen LogP contribution in [-0.4, -0.2) is 76.8 Å². The highest BCUT2D eigenvalue weighted by atomic mass is 16.5. The summed E-state index contributed by atoms with van der Waals surface area (Å²) in [6.07, 6.45) is 1.66. The van der Waals surface area contributed by atoms with Crippen LogP contribution < -0.4 is 15.1 Å². The van der Waals surface area contributed by atoms with Gasteiger partial charge in [0.2, 0.25) is 0 Å². The smallest absolute Gasteiger partial charge is 0.266 e. The number of amides is 1. The monoisotopic (exact) mass is 493 g/mol. The van der Waals surface area contributed by atoms with E-state index in [1.54, 1.807) is 13.2 Å². The fourth-order valence-electron chi connectivity index (χ4n) is 4.70. The molecule has 0 bridgehead atoms. The highest BCUT2D eigenvalue weighted by Gasteiger charge is 2.21. The van der Waals surface area contributed by atoms with Crippen molar-refractivity contribution in [2.45, 2.75) is 20.4 Å². The molecule has 0 saturated carbocycles. The van der Waals surface area contributed by atoms with E-state index in [-0.39, 0.29) is 5.57 Å². The second kappa shape index (κ2) is 12.1. The van der Waals surface area contributed by atoms with Crippen molar-refractivity contribution in [2.75, 3.05) is 81.4 Å². The van der Waals surface area contributed by atoms with E-state index in [1.807, 2.05) is 32.0 Å². The molecule has 4 rings (SSSR count). The Bertz CT molecular complexity index is 1140. The molecule has 0 atom stereocenters. The van der Waals surface area contributed by atoms with E-state index in [0.717, 1.165) is 54.5 Å². The van der Waals surface area contributed by atoms with Crippen LogP contribution in [0.2, 0.25) is 0 Å². The molecule has 2 fully saturated rings. The van der Waals surface area contributed by atoms with Gasteiger partial charge in [0.1, 0.15) is 11.6 Å².